The molecule has 0 aromatic heterocycles. The van der Waals surface area contributed by atoms with Gasteiger partial charge in [-0.05, 0) is 77.0 Å². The van der Waals surface area contributed by atoms with E-state index in [4.69, 9.17) is 18.9 Å². The van der Waals surface area contributed by atoms with Gasteiger partial charge in [-0.2, -0.15) is 0 Å². The van der Waals surface area contributed by atoms with Crippen molar-refractivity contribution in [2.24, 2.45) is 0 Å². The average Bonchev–Trinajstić information content (AvgIpc) is 3.37. The van der Waals surface area contributed by atoms with E-state index in [-0.39, 0.29) is 32.2 Å². The van der Waals surface area contributed by atoms with Crippen molar-refractivity contribution in [2.75, 3.05) is 47.5 Å². The van der Waals surface area contributed by atoms with Gasteiger partial charge in [0, 0.05) is 12.8 Å². The van der Waals surface area contributed by atoms with Crippen molar-refractivity contribution in [2.45, 2.75) is 251 Å². The van der Waals surface area contributed by atoms with Crippen LogP contribution in [-0.4, -0.2) is 87.4 Å². The molecule has 0 fully saturated rings. The standard InChI is InChI=1S/C65H111NO8/c1-6-8-10-12-14-16-18-20-22-23-24-25-26-27-28-29-30-31-32-33-34-35-36-37-38-39-40-41-42-44-46-48-50-52-54-56-63(68)74-61(60-73-65(64(69)70)71-58-57-66(3,4)5)59-72-62(67)55-53-51-49-47-45-43-21-19-17-15-13-11-9-7-2/h8,10,14,16,20,22,24-25,27-28,30-31,33-34,36-37,61,65H,6-7,9,11-13,15,17-19,21,23,26,29,32,35,38-60H2,1-5H3/p+1/b10-8-,16-14-,22-20-,25-24-,28-27-,31-30-,34-33-,37-36-. The quantitative estimate of drug-likeness (QED) is 0.0211. The Balaban J connectivity index is 4.17. The lowest BCUT2D eigenvalue weighted by Gasteiger charge is -2.25. The zero-order valence-corrected chi connectivity index (χ0v) is 48.2. The minimum atomic E-state index is -1.51. The first-order valence-electron chi connectivity index (χ1n) is 29.9. The summed E-state index contributed by atoms with van der Waals surface area (Å²) in [6.45, 7) is 4.76. The number of esters is 2. The van der Waals surface area contributed by atoms with Crippen molar-refractivity contribution >= 4 is 17.9 Å². The van der Waals surface area contributed by atoms with Crippen LogP contribution in [0.15, 0.2) is 97.2 Å². The lowest BCUT2D eigenvalue weighted by Crippen LogP contribution is -2.40. The Morgan fingerprint density at radius 3 is 1.15 bits per heavy atom. The number of rotatable bonds is 54. The third kappa shape index (κ3) is 55.9. The molecule has 0 amide bonds. The lowest BCUT2D eigenvalue weighted by molar-refractivity contribution is -0.870. The number of likely N-dealkylation sites (N-methyl/N-ethyl adjacent to an activating group) is 1. The molecule has 0 aliphatic carbocycles. The number of aliphatic carboxylic acids is 1. The third-order valence-corrected chi connectivity index (χ3v) is 12.6. The van der Waals surface area contributed by atoms with Crippen LogP contribution in [0.5, 0.6) is 0 Å². The van der Waals surface area contributed by atoms with Crippen molar-refractivity contribution in [3.63, 3.8) is 0 Å². The summed E-state index contributed by atoms with van der Waals surface area (Å²) in [5, 5.41) is 9.69. The smallest absolute Gasteiger partial charge is 0.361 e. The topological polar surface area (TPSA) is 108 Å². The van der Waals surface area contributed by atoms with Crippen molar-refractivity contribution in [1.82, 2.24) is 0 Å². The highest BCUT2D eigenvalue weighted by Crippen LogP contribution is 2.16. The molecular weight excluding hydrogens is 923 g/mol. The van der Waals surface area contributed by atoms with Crippen LogP contribution in [0.2, 0.25) is 0 Å². The van der Waals surface area contributed by atoms with E-state index in [1.54, 1.807) is 0 Å². The number of hydrogen-bond donors (Lipinski definition) is 1. The highest BCUT2D eigenvalue weighted by molar-refractivity contribution is 5.71. The van der Waals surface area contributed by atoms with E-state index in [0.29, 0.717) is 23.9 Å². The van der Waals surface area contributed by atoms with E-state index in [1.807, 2.05) is 21.1 Å². The van der Waals surface area contributed by atoms with Crippen LogP contribution >= 0.6 is 0 Å². The molecule has 0 aliphatic heterocycles. The summed E-state index contributed by atoms with van der Waals surface area (Å²) >= 11 is 0. The molecule has 0 spiro atoms. The molecule has 0 heterocycles. The van der Waals surface area contributed by atoms with Crippen LogP contribution in [0.3, 0.4) is 0 Å². The second-order valence-corrected chi connectivity index (χ2v) is 20.9. The van der Waals surface area contributed by atoms with Gasteiger partial charge in [-0.25, -0.2) is 4.79 Å². The zero-order valence-electron chi connectivity index (χ0n) is 48.2. The number of ether oxygens (including phenoxy) is 4. The molecule has 0 rings (SSSR count). The first-order valence-corrected chi connectivity index (χ1v) is 29.9. The lowest BCUT2D eigenvalue weighted by atomic mass is 10.0. The molecule has 1 N–H and O–H groups in total. The summed E-state index contributed by atoms with van der Waals surface area (Å²) in [7, 11) is 5.96. The molecule has 0 saturated carbocycles. The van der Waals surface area contributed by atoms with E-state index >= 15 is 0 Å². The highest BCUT2D eigenvalue weighted by atomic mass is 16.7. The van der Waals surface area contributed by atoms with Crippen molar-refractivity contribution < 1.29 is 42.9 Å². The molecule has 2 unspecified atom stereocenters. The normalized spacial score (nSPS) is 13.5. The maximum absolute atomic E-state index is 12.9. The van der Waals surface area contributed by atoms with Gasteiger partial charge in [-0.1, -0.05) is 246 Å². The Morgan fingerprint density at radius 1 is 0.419 bits per heavy atom. The summed E-state index contributed by atoms with van der Waals surface area (Å²) < 4.78 is 22.9. The van der Waals surface area contributed by atoms with E-state index < -0.39 is 24.3 Å². The number of carbonyl (C=O) groups excluding carboxylic acids is 2. The average molecular weight is 1040 g/mol. The fraction of sp³-hybridized carbons (Fsp3) is 0.708. The van der Waals surface area contributed by atoms with E-state index in [0.717, 1.165) is 96.3 Å². The maximum Gasteiger partial charge on any atom is 0.361 e. The van der Waals surface area contributed by atoms with Gasteiger partial charge in [0.05, 0.1) is 34.4 Å². The summed E-state index contributed by atoms with van der Waals surface area (Å²) in [4.78, 5) is 37.4. The Hall–Kier alpha value is -3.79. The summed E-state index contributed by atoms with van der Waals surface area (Å²) in [6, 6.07) is 0. The molecule has 0 radical (unpaired) electrons. The van der Waals surface area contributed by atoms with Crippen LogP contribution in [0.25, 0.3) is 0 Å². The third-order valence-electron chi connectivity index (χ3n) is 12.6. The number of carboxylic acid groups (broad SMARTS) is 1. The zero-order chi connectivity index (χ0) is 54.1. The predicted molar refractivity (Wildman–Crippen MR) is 313 cm³/mol. The van der Waals surface area contributed by atoms with Gasteiger partial charge in [0.1, 0.15) is 13.2 Å². The number of quaternary nitrogens is 1. The molecule has 9 heteroatoms. The molecule has 0 aliphatic rings. The van der Waals surface area contributed by atoms with Crippen LogP contribution in [0, 0.1) is 0 Å². The van der Waals surface area contributed by atoms with Crippen LogP contribution in [0.1, 0.15) is 239 Å². The highest BCUT2D eigenvalue weighted by Gasteiger charge is 2.25. The van der Waals surface area contributed by atoms with E-state index in [1.165, 1.54) is 109 Å². The minimum Gasteiger partial charge on any atom is -0.477 e. The SMILES string of the molecule is CC/C=C\C/C=C\C/C=C\C/C=C\C/C=C\C/C=C\C/C=C\C/C=C\CCCCCCCCCCCCC(=O)OC(COC(=O)CCCCCCCCCCCCCCCC)COC(OCC[N+](C)(C)C)C(=O)O. The molecule has 9 nitrogen and oxygen atoms in total. The number of unbranched alkanes of at least 4 members (excludes halogenated alkanes) is 23. The Kier molecular flexibility index (Phi) is 52.6. The molecule has 424 valence electrons. The van der Waals surface area contributed by atoms with E-state index in [2.05, 4.69) is 111 Å². The van der Waals surface area contributed by atoms with Gasteiger partial charge in [0.2, 0.25) is 0 Å². The van der Waals surface area contributed by atoms with Gasteiger partial charge in [0.15, 0.2) is 6.10 Å². The molecule has 0 saturated heterocycles. The van der Waals surface area contributed by atoms with Gasteiger partial charge in [0.25, 0.3) is 6.29 Å². The number of carboxylic acids is 1. The van der Waals surface area contributed by atoms with Crippen LogP contribution < -0.4 is 0 Å². The fourth-order valence-corrected chi connectivity index (χ4v) is 8.03. The Morgan fingerprint density at radius 2 is 0.770 bits per heavy atom. The summed E-state index contributed by atoms with van der Waals surface area (Å²) in [5.41, 5.74) is 0. The van der Waals surface area contributed by atoms with Crippen molar-refractivity contribution in [3.8, 4) is 0 Å². The second kappa shape index (κ2) is 55.4. The number of carbonyl (C=O) groups is 3. The monoisotopic (exact) mass is 1030 g/mol. The molecular formula is C65H112NO8+. The molecule has 0 aromatic rings. The summed E-state index contributed by atoms with van der Waals surface area (Å²) in [5.74, 6) is -2.01. The second-order valence-electron chi connectivity index (χ2n) is 20.9. The molecule has 74 heavy (non-hydrogen) atoms. The number of allylic oxidation sites excluding steroid dienone is 16. The summed E-state index contributed by atoms with van der Waals surface area (Å²) in [6.07, 6.45) is 72.0. The van der Waals surface area contributed by atoms with Gasteiger partial charge in [-0.3, -0.25) is 9.59 Å². The van der Waals surface area contributed by atoms with Gasteiger partial charge in [-0.15, -0.1) is 0 Å². The predicted octanol–water partition coefficient (Wildman–Crippen LogP) is 17.7. The maximum atomic E-state index is 12.9. The van der Waals surface area contributed by atoms with Gasteiger partial charge < -0.3 is 28.5 Å². The van der Waals surface area contributed by atoms with Crippen LogP contribution in [0.4, 0.5) is 0 Å². The van der Waals surface area contributed by atoms with Gasteiger partial charge >= 0.3 is 17.9 Å². The number of hydrogen-bond acceptors (Lipinski definition) is 7. The molecule has 0 bridgehead atoms. The number of nitrogens with zero attached hydrogens (tertiary/aromatic N) is 1. The fourth-order valence-electron chi connectivity index (χ4n) is 8.03. The van der Waals surface area contributed by atoms with Crippen molar-refractivity contribution in [3.05, 3.63) is 97.2 Å². The first-order chi connectivity index (χ1) is 36.1. The Labute approximate surface area is 454 Å². The van der Waals surface area contributed by atoms with E-state index in [9.17, 15) is 19.5 Å². The van der Waals surface area contributed by atoms with Crippen molar-refractivity contribution in [1.29, 1.82) is 0 Å². The first kappa shape index (κ1) is 70.2. The minimum absolute atomic E-state index is 0.184. The Bertz CT molecular complexity index is 1530. The molecule has 0 aromatic carbocycles. The molecule has 2 atom stereocenters. The van der Waals surface area contributed by atoms with Crippen LogP contribution in [-0.2, 0) is 33.3 Å². The largest absolute Gasteiger partial charge is 0.477 e.